The Kier molecular flexibility index (Phi) is 3.82. The fourth-order valence-corrected chi connectivity index (χ4v) is 2.73. The van der Waals surface area contributed by atoms with Crippen molar-refractivity contribution in [1.82, 2.24) is 4.90 Å². The first-order valence-electron chi connectivity index (χ1n) is 6.34. The van der Waals surface area contributed by atoms with Gasteiger partial charge in [-0.05, 0) is 25.7 Å². The third-order valence-corrected chi connectivity index (χ3v) is 3.70. The molecule has 0 aromatic carbocycles. The highest BCUT2D eigenvalue weighted by Gasteiger charge is 2.38. The molecule has 2 fully saturated rings. The normalized spacial score (nSPS) is 31.4. The summed E-state index contributed by atoms with van der Waals surface area (Å²) in [6.07, 6.45) is 6.99. The van der Waals surface area contributed by atoms with E-state index in [0.717, 1.165) is 38.5 Å². The van der Waals surface area contributed by atoms with E-state index in [1.165, 1.54) is 6.42 Å². The molecule has 0 bridgehead atoms. The molecule has 2 unspecified atom stereocenters. The third kappa shape index (κ3) is 2.95. The molecule has 0 aromatic heterocycles. The van der Waals surface area contributed by atoms with Crippen LogP contribution in [0, 0.1) is 0 Å². The van der Waals surface area contributed by atoms with Gasteiger partial charge in [0, 0.05) is 12.1 Å². The number of carboxylic acid groups (broad SMARTS) is 1. The number of hydrogen-bond donors (Lipinski definition) is 2. The fourth-order valence-electron chi connectivity index (χ4n) is 2.73. The maximum Gasteiger partial charge on any atom is 0.317 e. The highest BCUT2D eigenvalue weighted by Crippen LogP contribution is 2.33. The van der Waals surface area contributed by atoms with E-state index in [9.17, 15) is 9.90 Å². The van der Waals surface area contributed by atoms with Gasteiger partial charge in [-0.1, -0.05) is 19.3 Å². The fraction of sp³-hybridized carbons (Fsp3) is 0.917. The van der Waals surface area contributed by atoms with E-state index in [2.05, 4.69) is 0 Å². The molecule has 2 aliphatic carbocycles. The first-order valence-corrected chi connectivity index (χ1v) is 6.34. The van der Waals surface area contributed by atoms with Gasteiger partial charge < -0.3 is 10.2 Å². The first-order chi connectivity index (χ1) is 7.68. The zero-order valence-electron chi connectivity index (χ0n) is 9.64. The Labute approximate surface area is 96.3 Å². The van der Waals surface area contributed by atoms with Gasteiger partial charge in [-0.2, -0.15) is 0 Å². The molecule has 4 heteroatoms. The summed E-state index contributed by atoms with van der Waals surface area (Å²) >= 11 is 0. The van der Waals surface area contributed by atoms with Crippen molar-refractivity contribution in [1.29, 1.82) is 0 Å². The van der Waals surface area contributed by atoms with Crippen molar-refractivity contribution < 1.29 is 15.0 Å². The Hall–Kier alpha value is -0.610. The number of aliphatic carboxylic acids is 1. The summed E-state index contributed by atoms with van der Waals surface area (Å²) in [7, 11) is 0. The van der Waals surface area contributed by atoms with Gasteiger partial charge >= 0.3 is 5.97 Å². The van der Waals surface area contributed by atoms with Crippen LogP contribution >= 0.6 is 0 Å². The van der Waals surface area contributed by atoms with Gasteiger partial charge in [0.05, 0.1) is 12.6 Å². The second-order valence-corrected chi connectivity index (χ2v) is 5.07. The summed E-state index contributed by atoms with van der Waals surface area (Å²) in [4.78, 5) is 12.9. The molecular weight excluding hydrogens is 206 g/mol. The van der Waals surface area contributed by atoms with Gasteiger partial charge in [-0.15, -0.1) is 0 Å². The molecule has 2 N–H and O–H groups in total. The summed E-state index contributed by atoms with van der Waals surface area (Å²) in [5, 5.41) is 19.0. The Morgan fingerprint density at radius 3 is 2.44 bits per heavy atom. The Morgan fingerprint density at radius 2 is 1.81 bits per heavy atom. The smallest absolute Gasteiger partial charge is 0.317 e. The van der Waals surface area contributed by atoms with Crippen LogP contribution in [0.25, 0.3) is 0 Å². The lowest BCUT2D eigenvalue weighted by molar-refractivity contribution is -0.139. The lowest BCUT2D eigenvalue weighted by Gasteiger charge is -2.32. The van der Waals surface area contributed by atoms with Gasteiger partial charge in [0.1, 0.15) is 0 Å². The summed E-state index contributed by atoms with van der Waals surface area (Å²) in [6, 6.07) is 0.486. The van der Waals surface area contributed by atoms with E-state index in [4.69, 9.17) is 5.11 Å². The summed E-state index contributed by atoms with van der Waals surface area (Å²) in [5.74, 6) is -0.775. The molecule has 2 saturated carbocycles. The van der Waals surface area contributed by atoms with Crippen LogP contribution < -0.4 is 0 Å². The topological polar surface area (TPSA) is 60.8 Å². The zero-order valence-corrected chi connectivity index (χ0v) is 9.64. The highest BCUT2D eigenvalue weighted by atomic mass is 16.4. The van der Waals surface area contributed by atoms with Crippen LogP contribution in [0.2, 0.25) is 0 Å². The number of aliphatic hydroxyl groups excluding tert-OH is 1. The van der Waals surface area contributed by atoms with Crippen molar-refractivity contribution in [3.8, 4) is 0 Å². The molecule has 2 rings (SSSR count). The van der Waals surface area contributed by atoms with E-state index in [0.29, 0.717) is 6.04 Å². The largest absolute Gasteiger partial charge is 0.480 e. The molecule has 2 atom stereocenters. The van der Waals surface area contributed by atoms with Gasteiger partial charge in [0.25, 0.3) is 0 Å². The average molecular weight is 227 g/mol. The standard InChI is InChI=1S/C12H21NO3/c14-11-5-3-1-2-4-10(11)13(8-12(15)16)9-6-7-9/h9-11,14H,1-8H2,(H,15,16). The predicted molar refractivity (Wildman–Crippen MR) is 60.2 cm³/mol. The summed E-state index contributed by atoms with van der Waals surface area (Å²) in [6.45, 7) is 0.0897. The van der Waals surface area contributed by atoms with Gasteiger partial charge in [0.15, 0.2) is 0 Å². The molecule has 0 aromatic rings. The van der Waals surface area contributed by atoms with E-state index in [1.807, 2.05) is 4.90 Å². The van der Waals surface area contributed by atoms with Crippen LogP contribution in [0.3, 0.4) is 0 Å². The zero-order chi connectivity index (χ0) is 11.5. The van der Waals surface area contributed by atoms with Crippen LogP contribution in [0.5, 0.6) is 0 Å². The number of rotatable bonds is 4. The highest BCUT2D eigenvalue weighted by molar-refractivity contribution is 5.69. The van der Waals surface area contributed by atoms with Gasteiger partial charge in [0.2, 0.25) is 0 Å². The third-order valence-electron chi connectivity index (χ3n) is 3.70. The lowest BCUT2D eigenvalue weighted by Crippen LogP contribution is -2.46. The molecular formula is C12H21NO3. The summed E-state index contributed by atoms with van der Waals surface area (Å²) in [5.41, 5.74) is 0. The SMILES string of the molecule is O=C(O)CN(C1CC1)C1CCCCCC1O. The van der Waals surface area contributed by atoms with Crippen LogP contribution in [0.15, 0.2) is 0 Å². The molecule has 2 aliphatic rings. The molecule has 16 heavy (non-hydrogen) atoms. The molecule has 0 saturated heterocycles. The summed E-state index contributed by atoms with van der Waals surface area (Å²) < 4.78 is 0. The quantitative estimate of drug-likeness (QED) is 0.709. The second kappa shape index (κ2) is 5.15. The van der Waals surface area contributed by atoms with Crippen molar-refractivity contribution in [3.05, 3.63) is 0 Å². The van der Waals surface area contributed by atoms with Gasteiger partial charge in [-0.25, -0.2) is 0 Å². The van der Waals surface area contributed by atoms with Crippen LogP contribution in [-0.4, -0.2) is 45.8 Å². The minimum absolute atomic E-state index is 0.0751. The lowest BCUT2D eigenvalue weighted by atomic mass is 10.0. The molecule has 92 valence electrons. The number of carboxylic acids is 1. The van der Waals surface area contributed by atoms with E-state index >= 15 is 0 Å². The number of carbonyl (C=O) groups is 1. The molecule has 0 aliphatic heterocycles. The monoisotopic (exact) mass is 227 g/mol. The van der Waals surface area contributed by atoms with Crippen molar-refractivity contribution in [2.24, 2.45) is 0 Å². The van der Waals surface area contributed by atoms with Crippen LogP contribution in [0.4, 0.5) is 0 Å². The molecule has 4 nitrogen and oxygen atoms in total. The number of aliphatic hydroxyl groups is 1. The Balaban J connectivity index is 2.01. The van der Waals surface area contributed by atoms with Crippen molar-refractivity contribution in [2.45, 2.75) is 63.1 Å². The maximum absolute atomic E-state index is 10.9. The van der Waals surface area contributed by atoms with Crippen molar-refractivity contribution >= 4 is 5.97 Å². The van der Waals surface area contributed by atoms with E-state index in [1.54, 1.807) is 0 Å². The molecule has 0 amide bonds. The second-order valence-electron chi connectivity index (χ2n) is 5.07. The minimum Gasteiger partial charge on any atom is -0.480 e. The van der Waals surface area contributed by atoms with E-state index in [-0.39, 0.29) is 18.7 Å². The predicted octanol–water partition coefficient (Wildman–Crippen LogP) is 1.23. The first kappa shape index (κ1) is 11.9. The molecule has 0 radical (unpaired) electrons. The number of hydrogen-bond acceptors (Lipinski definition) is 3. The molecule has 0 spiro atoms. The van der Waals surface area contributed by atoms with E-state index < -0.39 is 5.97 Å². The van der Waals surface area contributed by atoms with Crippen LogP contribution in [-0.2, 0) is 4.79 Å². The average Bonchev–Trinajstić information content (AvgIpc) is 3.01. The van der Waals surface area contributed by atoms with Crippen LogP contribution in [0.1, 0.15) is 44.9 Å². The minimum atomic E-state index is -0.775. The Bertz CT molecular complexity index is 253. The van der Waals surface area contributed by atoms with Gasteiger partial charge in [-0.3, -0.25) is 9.69 Å². The maximum atomic E-state index is 10.9. The van der Waals surface area contributed by atoms with Crippen molar-refractivity contribution in [2.75, 3.05) is 6.54 Å². The molecule has 0 heterocycles. The Morgan fingerprint density at radius 1 is 1.12 bits per heavy atom. The number of nitrogens with zero attached hydrogens (tertiary/aromatic N) is 1. The van der Waals surface area contributed by atoms with Crippen molar-refractivity contribution in [3.63, 3.8) is 0 Å².